The Bertz CT molecular complexity index is 249. The average molecular weight is 370 g/mol. The van der Waals surface area contributed by atoms with Crippen LogP contribution in [0.15, 0.2) is 0 Å². The van der Waals surface area contributed by atoms with Crippen molar-refractivity contribution in [3.05, 3.63) is 0 Å². The van der Waals surface area contributed by atoms with E-state index in [0.29, 0.717) is 12.6 Å². The number of hydrogen-bond acceptors (Lipinski definition) is 2. The number of aliphatic hydroxyl groups is 1. The van der Waals surface area contributed by atoms with Crippen molar-refractivity contribution in [1.29, 1.82) is 0 Å². The molecule has 0 aliphatic heterocycles. The molecule has 0 aliphatic rings. The molecule has 0 aromatic heterocycles. The highest BCUT2D eigenvalue weighted by Gasteiger charge is 2.16. The summed E-state index contributed by atoms with van der Waals surface area (Å²) in [4.78, 5) is 2.56. The first-order valence-corrected chi connectivity index (χ1v) is 12.1. The molecule has 0 bridgehead atoms. The molecule has 2 nitrogen and oxygen atoms in total. The molecule has 0 rings (SSSR count). The van der Waals surface area contributed by atoms with Gasteiger partial charge in [-0.05, 0) is 32.4 Å². The van der Waals surface area contributed by atoms with Gasteiger partial charge in [0.15, 0.2) is 0 Å². The smallest absolute Gasteiger partial charge is 0.0586 e. The Kier molecular flexibility index (Phi) is 21.2. The summed E-state index contributed by atoms with van der Waals surface area (Å²) in [6.07, 6.45) is 23.1. The first-order valence-electron chi connectivity index (χ1n) is 12.1. The van der Waals surface area contributed by atoms with Crippen LogP contribution in [-0.2, 0) is 0 Å². The third-order valence-corrected chi connectivity index (χ3v) is 5.72. The van der Waals surface area contributed by atoms with Gasteiger partial charge in [-0.25, -0.2) is 0 Å². The summed E-state index contributed by atoms with van der Waals surface area (Å²) >= 11 is 0. The fraction of sp³-hybridized carbons (Fsp3) is 1.00. The van der Waals surface area contributed by atoms with Crippen molar-refractivity contribution in [2.45, 2.75) is 136 Å². The maximum Gasteiger partial charge on any atom is 0.0586 e. The predicted molar refractivity (Wildman–Crippen MR) is 118 cm³/mol. The molecule has 0 saturated carbocycles. The largest absolute Gasteiger partial charge is 0.395 e. The van der Waals surface area contributed by atoms with E-state index in [4.69, 9.17) is 0 Å². The highest BCUT2D eigenvalue weighted by Crippen LogP contribution is 2.15. The summed E-state index contributed by atoms with van der Waals surface area (Å²) in [6.45, 7) is 9.48. The van der Waals surface area contributed by atoms with E-state index in [2.05, 4.69) is 25.7 Å². The van der Waals surface area contributed by atoms with Gasteiger partial charge in [0.1, 0.15) is 0 Å². The third-order valence-electron chi connectivity index (χ3n) is 5.72. The van der Waals surface area contributed by atoms with Crippen molar-refractivity contribution < 1.29 is 5.11 Å². The van der Waals surface area contributed by atoms with Crippen molar-refractivity contribution in [1.82, 2.24) is 4.90 Å². The summed E-state index contributed by atoms with van der Waals surface area (Å²) in [5, 5.41) is 9.83. The van der Waals surface area contributed by atoms with Gasteiger partial charge in [-0.3, -0.25) is 4.90 Å². The Balaban J connectivity index is 3.64. The van der Waals surface area contributed by atoms with Crippen LogP contribution < -0.4 is 0 Å². The van der Waals surface area contributed by atoms with Gasteiger partial charge < -0.3 is 5.11 Å². The number of nitrogens with zero attached hydrogens (tertiary/aromatic N) is 1. The average Bonchev–Trinajstić information content (AvgIpc) is 2.66. The van der Waals surface area contributed by atoms with Crippen molar-refractivity contribution in [2.75, 3.05) is 19.7 Å². The molecule has 0 amide bonds. The van der Waals surface area contributed by atoms with Crippen LogP contribution >= 0.6 is 0 Å². The van der Waals surface area contributed by atoms with Crippen molar-refractivity contribution in [3.63, 3.8) is 0 Å². The van der Waals surface area contributed by atoms with Gasteiger partial charge in [-0.15, -0.1) is 0 Å². The fourth-order valence-corrected chi connectivity index (χ4v) is 3.81. The summed E-state index contributed by atoms with van der Waals surface area (Å²) in [7, 11) is 0. The number of unbranched alkanes of at least 4 members (excludes halogenated alkanes) is 13. The zero-order valence-electron chi connectivity index (χ0n) is 18.6. The van der Waals surface area contributed by atoms with Gasteiger partial charge >= 0.3 is 0 Å². The van der Waals surface area contributed by atoms with E-state index in [1.54, 1.807) is 0 Å². The molecule has 26 heavy (non-hydrogen) atoms. The van der Waals surface area contributed by atoms with Crippen LogP contribution in [0.4, 0.5) is 0 Å². The molecule has 0 fully saturated rings. The lowest BCUT2D eigenvalue weighted by Crippen LogP contribution is -2.39. The van der Waals surface area contributed by atoms with Gasteiger partial charge in [0.25, 0.3) is 0 Å². The number of aliphatic hydroxyl groups excluding tert-OH is 1. The van der Waals surface area contributed by atoms with Crippen molar-refractivity contribution in [2.24, 2.45) is 0 Å². The second kappa shape index (κ2) is 21.2. The Hall–Kier alpha value is -0.0800. The zero-order valence-corrected chi connectivity index (χ0v) is 18.6. The number of hydrogen-bond donors (Lipinski definition) is 1. The highest BCUT2D eigenvalue weighted by atomic mass is 16.3. The van der Waals surface area contributed by atoms with Crippen LogP contribution in [0, 0.1) is 0 Å². The van der Waals surface area contributed by atoms with Gasteiger partial charge in [-0.2, -0.15) is 0 Å². The minimum atomic E-state index is 0.339. The molecular weight excluding hydrogens is 318 g/mol. The van der Waals surface area contributed by atoms with E-state index in [1.165, 1.54) is 122 Å². The predicted octanol–water partition coefficient (Wildman–Crippen LogP) is 7.34. The molecule has 1 unspecified atom stereocenters. The second-order valence-electron chi connectivity index (χ2n) is 8.26. The minimum Gasteiger partial charge on any atom is -0.395 e. The maximum absolute atomic E-state index is 9.83. The second-order valence-corrected chi connectivity index (χ2v) is 8.26. The molecule has 0 radical (unpaired) electrons. The molecule has 0 spiro atoms. The molecule has 158 valence electrons. The molecular formula is C24H51NO. The molecule has 0 aliphatic carbocycles. The van der Waals surface area contributed by atoms with Crippen LogP contribution in [0.3, 0.4) is 0 Å². The van der Waals surface area contributed by atoms with Crippen LogP contribution in [0.25, 0.3) is 0 Å². The van der Waals surface area contributed by atoms with Crippen molar-refractivity contribution >= 4 is 0 Å². The normalized spacial score (nSPS) is 12.8. The summed E-state index contributed by atoms with van der Waals surface area (Å²) in [5.74, 6) is 0. The number of rotatable bonds is 21. The Morgan fingerprint density at radius 2 is 0.923 bits per heavy atom. The monoisotopic (exact) mass is 369 g/mol. The summed E-state index contributed by atoms with van der Waals surface area (Å²) in [6, 6.07) is 0.399. The van der Waals surface area contributed by atoms with Gasteiger partial charge in [0, 0.05) is 6.04 Å². The SMILES string of the molecule is CCCCCCCCCCCCCCC(CO)N(CCCC)CCCC. The quantitative estimate of drug-likeness (QED) is 0.214. The van der Waals surface area contributed by atoms with Crippen molar-refractivity contribution in [3.8, 4) is 0 Å². The lowest BCUT2D eigenvalue weighted by atomic mass is 10.0. The van der Waals surface area contributed by atoms with E-state index in [1.807, 2.05) is 0 Å². The molecule has 0 heterocycles. The van der Waals surface area contributed by atoms with E-state index < -0.39 is 0 Å². The zero-order chi connectivity index (χ0) is 19.3. The topological polar surface area (TPSA) is 23.5 Å². The van der Waals surface area contributed by atoms with E-state index in [-0.39, 0.29) is 0 Å². The fourth-order valence-electron chi connectivity index (χ4n) is 3.81. The van der Waals surface area contributed by atoms with Gasteiger partial charge in [0.05, 0.1) is 6.61 Å². The summed E-state index contributed by atoms with van der Waals surface area (Å²) in [5.41, 5.74) is 0. The molecule has 0 aromatic carbocycles. The van der Waals surface area contributed by atoms with Crippen LogP contribution in [0.1, 0.15) is 130 Å². The molecule has 0 saturated heterocycles. The lowest BCUT2D eigenvalue weighted by molar-refractivity contribution is 0.111. The summed E-state index contributed by atoms with van der Waals surface area (Å²) < 4.78 is 0. The van der Waals surface area contributed by atoms with E-state index in [9.17, 15) is 5.11 Å². The van der Waals surface area contributed by atoms with Gasteiger partial charge in [0.2, 0.25) is 0 Å². The molecule has 1 atom stereocenters. The minimum absolute atomic E-state index is 0.339. The Morgan fingerprint density at radius 1 is 0.538 bits per heavy atom. The van der Waals surface area contributed by atoms with E-state index in [0.717, 1.165) is 0 Å². The Morgan fingerprint density at radius 3 is 1.31 bits per heavy atom. The molecule has 0 aromatic rings. The van der Waals surface area contributed by atoms with Gasteiger partial charge in [-0.1, -0.05) is 111 Å². The van der Waals surface area contributed by atoms with Crippen LogP contribution in [-0.4, -0.2) is 35.7 Å². The first-order chi connectivity index (χ1) is 12.8. The first kappa shape index (κ1) is 25.9. The molecule has 1 N–H and O–H groups in total. The lowest BCUT2D eigenvalue weighted by Gasteiger charge is -2.30. The molecule has 2 heteroatoms. The van der Waals surface area contributed by atoms with Crippen LogP contribution in [0.5, 0.6) is 0 Å². The maximum atomic E-state index is 9.83. The van der Waals surface area contributed by atoms with Crippen LogP contribution in [0.2, 0.25) is 0 Å². The Labute approximate surface area is 166 Å². The standard InChI is InChI=1S/C24H51NO/c1-4-7-10-11-12-13-14-15-16-17-18-19-20-24(23-26)25(21-8-5-2)22-9-6-3/h24,26H,4-23H2,1-3H3. The highest BCUT2D eigenvalue weighted by molar-refractivity contribution is 4.71. The van der Waals surface area contributed by atoms with E-state index >= 15 is 0 Å². The third kappa shape index (κ3) is 16.1.